The molecule has 0 aromatic heterocycles. The molecule has 0 spiro atoms. The first-order valence-electron chi connectivity index (χ1n) is 6.47. The molecular formula is C15H14N2O6. The summed E-state index contributed by atoms with van der Waals surface area (Å²) in [6, 6.07) is 8.41. The fourth-order valence-electron chi connectivity index (χ4n) is 1.96. The molecule has 2 N–H and O–H groups in total. The van der Waals surface area contributed by atoms with Gasteiger partial charge in [0.1, 0.15) is 5.69 Å². The van der Waals surface area contributed by atoms with E-state index < -0.39 is 10.9 Å². The number of hydrogen-bond acceptors (Lipinski definition) is 7. The Morgan fingerprint density at radius 2 is 1.96 bits per heavy atom. The highest BCUT2D eigenvalue weighted by molar-refractivity contribution is 5.91. The number of phenols is 1. The zero-order chi connectivity index (χ0) is 17.0. The maximum absolute atomic E-state index is 11.5. The van der Waals surface area contributed by atoms with Gasteiger partial charge in [0.2, 0.25) is 0 Å². The van der Waals surface area contributed by atoms with E-state index >= 15 is 0 Å². The third-order valence-electron chi connectivity index (χ3n) is 3.07. The number of anilines is 2. The van der Waals surface area contributed by atoms with Crippen LogP contribution >= 0.6 is 0 Å². The number of aromatic hydroxyl groups is 1. The zero-order valence-corrected chi connectivity index (χ0v) is 12.4. The van der Waals surface area contributed by atoms with Crippen LogP contribution in [0.25, 0.3) is 0 Å². The van der Waals surface area contributed by atoms with Crippen LogP contribution < -0.4 is 10.1 Å². The molecule has 0 saturated carbocycles. The lowest BCUT2D eigenvalue weighted by atomic mass is 10.1. The van der Waals surface area contributed by atoms with Crippen molar-refractivity contribution in [2.45, 2.75) is 0 Å². The smallest absolute Gasteiger partial charge is 0.338 e. The van der Waals surface area contributed by atoms with Crippen LogP contribution in [0.5, 0.6) is 11.5 Å². The minimum absolute atomic E-state index is 0.0716. The molecule has 0 aliphatic rings. The summed E-state index contributed by atoms with van der Waals surface area (Å²) >= 11 is 0. The number of nitro groups is 1. The van der Waals surface area contributed by atoms with Crippen LogP contribution in [-0.2, 0) is 4.74 Å². The van der Waals surface area contributed by atoms with E-state index in [4.69, 9.17) is 4.74 Å². The van der Waals surface area contributed by atoms with E-state index in [-0.39, 0.29) is 28.4 Å². The van der Waals surface area contributed by atoms with Gasteiger partial charge in [0.25, 0.3) is 5.69 Å². The van der Waals surface area contributed by atoms with Crippen LogP contribution in [0.2, 0.25) is 0 Å². The Morgan fingerprint density at radius 1 is 1.22 bits per heavy atom. The van der Waals surface area contributed by atoms with Crippen molar-refractivity contribution in [1.82, 2.24) is 0 Å². The number of nitro benzene ring substituents is 1. The summed E-state index contributed by atoms with van der Waals surface area (Å²) in [5.41, 5.74) is 0.384. The first kappa shape index (κ1) is 16.1. The van der Waals surface area contributed by atoms with Gasteiger partial charge in [0, 0.05) is 17.8 Å². The highest BCUT2D eigenvalue weighted by Crippen LogP contribution is 2.33. The topological polar surface area (TPSA) is 111 Å². The SMILES string of the molecule is COC(=O)c1ccc(Nc2ccc(OC)c(O)c2)c([N+](=O)[O-])c1. The van der Waals surface area contributed by atoms with Gasteiger partial charge in [-0.25, -0.2) is 4.79 Å². The number of ether oxygens (including phenoxy) is 2. The van der Waals surface area contributed by atoms with Crippen LogP contribution in [-0.4, -0.2) is 30.2 Å². The number of rotatable bonds is 5. The summed E-state index contributed by atoms with van der Waals surface area (Å²) < 4.78 is 9.47. The van der Waals surface area contributed by atoms with E-state index in [1.54, 1.807) is 6.07 Å². The van der Waals surface area contributed by atoms with Crippen LogP contribution in [0.4, 0.5) is 17.1 Å². The van der Waals surface area contributed by atoms with Gasteiger partial charge < -0.3 is 19.9 Å². The summed E-state index contributed by atoms with van der Waals surface area (Å²) in [6.07, 6.45) is 0. The van der Waals surface area contributed by atoms with Crippen LogP contribution in [0.3, 0.4) is 0 Å². The number of carbonyl (C=O) groups is 1. The second-order valence-corrected chi connectivity index (χ2v) is 4.49. The summed E-state index contributed by atoms with van der Waals surface area (Å²) in [4.78, 5) is 22.0. The van der Waals surface area contributed by atoms with Crippen molar-refractivity contribution in [2.24, 2.45) is 0 Å². The van der Waals surface area contributed by atoms with E-state index in [1.165, 1.54) is 38.5 Å². The van der Waals surface area contributed by atoms with Gasteiger partial charge in [0.15, 0.2) is 11.5 Å². The lowest BCUT2D eigenvalue weighted by Gasteiger charge is -2.10. The van der Waals surface area contributed by atoms with Gasteiger partial charge >= 0.3 is 5.97 Å². The van der Waals surface area contributed by atoms with Crippen molar-refractivity contribution < 1.29 is 24.3 Å². The van der Waals surface area contributed by atoms with Crippen molar-refractivity contribution in [2.75, 3.05) is 19.5 Å². The molecule has 0 heterocycles. The molecule has 120 valence electrons. The molecule has 0 aliphatic carbocycles. The zero-order valence-electron chi connectivity index (χ0n) is 12.4. The van der Waals surface area contributed by atoms with Crippen molar-refractivity contribution >= 4 is 23.0 Å². The van der Waals surface area contributed by atoms with Gasteiger partial charge in [-0.3, -0.25) is 10.1 Å². The summed E-state index contributed by atoms with van der Waals surface area (Å²) in [6.45, 7) is 0. The number of carbonyl (C=O) groups excluding carboxylic acids is 1. The van der Waals surface area contributed by atoms with E-state index in [2.05, 4.69) is 10.1 Å². The van der Waals surface area contributed by atoms with Crippen molar-refractivity contribution in [1.29, 1.82) is 0 Å². The third kappa shape index (κ3) is 3.49. The molecule has 2 rings (SSSR count). The summed E-state index contributed by atoms with van der Waals surface area (Å²) in [7, 11) is 2.61. The fraction of sp³-hybridized carbons (Fsp3) is 0.133. The first-order chi connectivity index (χ1) is 11.0. The Kier molecular flexibility index (Phi) is 4.65. The number of esters is 1. The maximum Gasteiger partial charge on any atom is 0.338 e. The van der Waals surface area contributed by atoms with Gasteiger partial charge in [-0.1, -0.05) is 0 Å². The Morgan fingerprint density at radius 3 is 2.52 bits per heavy atom. The van der Waals surface area contributed by atoms with E-state index in [0.29, 0.717) is 5.69 Å². The van der Waals surface area contributed by atoms with E-state index in [1.807, 2.05) is 0 Å². The van der Waals surface area contributed by atoms with Gasteiger partial charge in [-0.15, -0.1) is 0 Å². The molecule has 0 radical (unpaired) electrons. The molecule has 2 aromatic carbocycles. The second-order valence-electron chi connectivity index (χ2n) is 4.49. The molecule has 0 unspecified atom stereocenters. The number of nitrogens with one attached hydrogen (secondary N) is 1. The van der Waals surface area contributed by atoms with E-state index in [0.717, 1.165) is 6.07 Å². The predicted molar refractivity (Wildman–Crippen MR) is 82.4 cm³/mol. The number of hydrogen-bond donors (Lipinski definition) is 2. The molecule has 0 fully saturated rings. The largest absolute Gasteiger partial charge is 0.504 e. The number of phenolic OH excluding ortho intramolecular Hbond substituents is 1. The molecular weight excluding hydrogens is 304 g/mol. The first-order valence-corrected chi connectivity index (χ1v) is 6.47. The molecule has 23 heavy (non-hydrogen) atoms. The maximum atomic E-state index is 11.5. The molecule has 2 aromatic rings. The molecule has 8 heteroatoms. The highest BCUT2D eigenvalue weighted by atomic mass is 16.6. The van der Waals surface area contributed by atoms with Gasteiger partial charge in [-0.05, 0) is 24.3 Å². The van der Waals surface area contributed by atoms with Crippen molar-refractivity contribution in [3.8, 4) is 11.5 Å². The van der Waals surface area contributed by atoms with E-state index in [9.17, 15) is 20.0 Å². The Labute approximate surface area is 131 Å². The van der Waals surface area contributed by atoms with Crippen LogP contribution in [0.15, 0.2) is 36.4 Å². The lowest BCUT2D eigenvalue weighted by molar-refractivity contribution is -0.383. The number of methoxy groups -OCH3 is 2. The van der Waals surface area contributed by atoms with Crippen LogP contribution in [0, 0.1) is 10.1 Å². The summed E-state index contributed by atoms with van der Waals surface area (Å²) in [5.74, 6) is -0.487. The minimum atomic E-state index is -0.665. The minimum Gasteiger partial charge on any atom is -0.504 e. The molecule has 0 amide bonds. The van der Waals surface area contributed by atoms with Crippen molar-refractivity contribution in [3.63, 3.8) is 0 Å². The van der Waals surface area contributed by atoms with Crippen molar-refractivity contribution in [3.05, 3.63) is 52.1 Å². The van der Waals surface area contributed by atoms with Gasteiger partial charge in [0.05, 0.1) is 24.7 Å². The summed E-state index contributed by atoms with van der Waals surface area (Å²) in [5, 5.41) is 23.7. The third-order valence-corrected chi connectivity index (χ3v) is 3.07. The molecule has 0 bridgehead atoms. The lowest BCUT2D eigenvalue weighted by Crippen LogP contribution is -2.04. The Bertz CT molecular complexity index is 760. The monoisotopic (exact) mass is 318 g/mol. The van der Waals surface area contributed by atoms with Crippen LogP contribution in [0.1, 0.15) is 10.4 Å². The molecule has 8 nitrogen and oxygen atoms in total. The quantitative estimate of drug-likeness (QED) is 0.495. The Hall–Kier alpha value is -3.29. The number of nitrogens with zero attached hydrogens (tertiary/aromatic N) is 1. The molecule has 0 atom stereocenters. The molecule has 0 aliphatic heterocycles. The van der Waals surface area contributed by atoms with Gasteiger partial charge in [-0.2, -0.15) is 0 Å². The fourth-order valence-corrected chi connectivity index (χ4v) is 1.96. The average Bonchev–Trinajstić information content (AvgIpc) is 2.54. The second kappa shape index (κ2) is 6.65. The standard InChI is InChI=1S/C15H14N2O6/c1-22-14-6-4-10(8-13(14)18)16-11-5-3-9(15(19)23-2)7-12(11)17(20)21/h3-8,16,18H,1-2H3. The average molecular weight is 318 g/mol. The predicted octanol–water partition coefficient (Wildman–Crippen LogP) is 2.84. The Balaban J connectivity index is 2.37. The normalized spacial score (nSPS) is 10.0. The number of benzene rings is 2. The highest BCUT2D eigenvalue weighted by Gasteiger charge is 2.18. The molecule has 0 saturated heterocycles.